The molecule has 7 nitrogen and oxygen atoms in total. The number of benzene rings is 1. The lowest BCUT2D eigenvalue weighted by Crippen LogP contribution is -2.32. The average Bonchev–Trinajstić information content (AvgIpc) is 2.44. The lowest BCUT2D eigenvalue weighted by Gasteiger charge is -2.23. The van der Waals surface area contributed by atoms with E-state index in [0.29, 0.717) is 0 Å². The van der Waals surface area contributed by atoms with E-state index < -0.39 is 36.2 Å². The maximum atomic E-state index is 12.6. The Balaban J connectivity index is 3.31. The molecular weight excluding hydrogens is 290 g/mol. The first kappa shape index (κ1) is 16.8. The molecule has 1 rings (SSSR count). The standard InChI is InChI=1S/C12H14F2N2O5/c1-21-12(18)8-2-3-9(16(19)20)10(6-8)15(4-5-17)7-11(13)14/h2-3,6,11,17H,4-5,7H2,1H3. The lowest BCUT2D eigenvalue weighted by molar-refractivity contribution is -0.384. The molecule has 9 heteroatoms. The number of aliphatic hydroxyl groups excluding tert-OH is 1. The number of anilines is 1. The number of hydrogen-bond donors (Lipinski definition) is 1. The van der Waals surface area contributed by atoms with Gasteiger partial charge in [0.05, 0.1) is 30.7 Å². The molecule has 0 unspecified atom stereocenters. The van der Waals surface area contributed by atoms with Gasteiger partial charge in [0, 0.05) is 12.6 Å². The van der Waals surface area contributed by atoms with Crippen molar-refractivity contribution in [2.75, 3.05) is 31.7 Å². The number of esters is 1. The molecule has 0 aliphatic carbocycles. The fraction of sp³-hybridized carbons (Fsp3) is 0.417. The zero-order chi connectivity index (χ0) is 16.0. The number of carbonyl (C=O) groups excluding carboxylic acids is 1. The van der Waals surface area contributed by atoms with E-state index in [4.69, 9.17) is 5.11 Å². The molecule has 0 saturated carbocycles. The first-order valence-corrected chi connectivity index (χ1v) is 5.91. The van der Waals surface area contributed by atoms with Crippen LogP contribution >= 0.6 is 0 Å². The van der Waals surface area contributed by atoms with Gasteiger partial charge < -0.3 is 14.7 Å². The van der Waals surface area contributed by atoms with Crippen LogP contribution in [0.15, 0.2) is 18.2 Å². The number of nitrogens with zero attached hydrogens (tertiary/aromatic N) is 2. The minimum absolute atomic E-state index is 0.00435. The van der Waals surface area contributed by atoms with Gasteiger partial charge in [-0.25, -0.2) is 13.6 Å². The Bertz CT molecular complexity index is 524. The fourth-order valence-corrected chi connectivity index (χ4v) is 1.77. The maximum absolute atomic E-state index is 12.6. The van der Waals surface area contributed by atoms with E-state index in [1.165, 1.54) is 6.07 Å². The van der Waals surface area contributed by atoms with E-state index in [1.807, 2.05) is 0 Å². The summed E-state index contributed by atoms with van der Waals surface area (Å²) in [6.07, 6.45) is -2.75. The molecule has 0 aliphatic rings. The molecular formula is C12H14F2N2O5. The third-order valence-electron chi connectivity index (χ3n) is 2.66. The van der Waals surface area contributed by atoms with Gasteiger partial charge in [0.15, 0.2) is 0 Å². The summed E-state index contributed by atoms with van der Waals surface area (Å²) in [6.45, 7) is -1.49. The van der Waals surface area contributed by atoms with Crippen molar-refractivity contribution in [1.82, 2.24) is 0 Å². The highest BCUT2D eigenvalue weighted by Gasteiger charge is 2.23. The molecule has 0 fully saturated rings. The number of hydrogen-bond acceptors (Lipinski definition) is 6. The van der Waals surface area contributed by atoms with Gasteiger partial charge in [-0.05, 0) is 12.1 Å². The molecule has 0 bridgehead atoms. The van der Waals surface area contributed by atoms with Crippen LogP contribution in [-0.2, 0) is 4.74 Å². The normalized spacial score (nSPS) is 10.5. The summed E-state index contributed by atoms with van der Waals surface area (Å²) >= 11 is 0. The molecule has 0 amide bonds. The molecule has 0 saturated heterocycles. The number of carbonyl (C=O) groups is 1. The number of rotatable bonds is 7. The first-order valence-electron chi connectivity index (χ1n) is 5.91. The second-order valence-corrected chi connectivity index (χ2v) is 4.01. The van der Waals surface area contributed by atoms with Crippen molar-refractivity contribution in [2.45, 2.75) is 6.43 Å². The zero-order valence-electron chi connectivity index (χ0n) is 11.2. The summed E-state index contributed by atoms with van der Waals surface area (Å²) in [6, 6.07) is 3.31. The fourth-order valence-electron chi connectivity index (χ4n) is 1.77. The van der Waals surface area contributed by atoms with Crippen LogP contribution in [0, 0.1) is 10.1 Å². The highest BCUT2D eigenvalue weighted by Crippen LogP contribution is 2.30. The molecule has 116 valence electrons. The zero-order valence-corrected chi connectivity index (χ0v) is 11.2. The van der Waals surface area contributed by atoms with Gasteiger partial charge in [-0.15, -0.1) is 0 Å². The number of nitro groups is 1. The number of alkyl halides is 2. The van der Waals surface area contributed by atoms with Crippen molar-refractivity contribution < 1.29 is 28.3 Å². The largest absolute Gasteiger partial charge is 0.465 e. The second-order valence-electron chi connectivity index (χ2n) is 4.01. The SMILES string of the molecule is COC(=O)c1ccc([N+](=O)[O-])c(N(CCO)CC(F)F)c1. The molecule has 0 spiro atoms. The van der Waals surface area contributed by atoms with Crippen LogP contribution in [0.25, 0.3) is 0 Å². The Labute approximate surface area is 118 Å². The molecule has 1 N–H and O–H groups in total. The van der Waals surface area contributed by atoms with Gasteiger partial charge in [-0.2, -0.15) is 0 Å². The summed E-state index contributed by atoms with van der Waals surface area (Å²) < 4.78 is 29.6. The molecule has 1 aromatic rings. The molecule has 1 aromatic carbocycles. The Morgan fingerprint density at radius 3 is 2.67 bits per heavy atom. The van der Waals surface area contributed by atoms with Crippen molar-refractivity contribution in [1.29, 1.82) is 0 Å². The lowest BCUT2D eigenvalue weighted by atomic mass is 10.1. The van der Waals surface area contributed by atoms with Crippen LogP contribution in [-0.4, -0.2) is 49.2 Å². The Morgan fingerprint density at radius 2 is 2.19 bits per heavy atom. The molecule has 0 atom stereocenters. The predicted octanol–water partition coefficient (Wildman–Crippen LogP) is 1.45. The summed E-state index contributed by atoms with van der Waals surface area (Å²) in [5, 5.41) is 19.9. The third kappa shape index (κ3) is 4.35. The van der Waals surface area contributed by atoms with E-state index >= 15 is 0 Å². The van der Waals surface area contributed by atoms with Crippen LogP contribution in [0.2, 0.25) is 0 Å². The summed E-state index contributed by atoms with van der Waals surface area (Å²) in [7, 11) is 1.13. The van der Waals surface area contributed by atoms with Crippen molar-refractivity contribution in [2.24, 2.45) is 0 Å². The van der Waals surface area contributed by atoms with Gasteiger partial charge in [-0.3, -0.25) is 10.1 Å². The summed E-state index contributed by atoms with van der Waals surface area (Å²) in [5.41, 5.74) is -0.607. The number of methoxy groups -OCH3 is 1. The Hall–Kier alpha value is -2.29. The van der Waals surface area contributed by atoms with Gasteiger partial charge in [0.25, 0.3) is 12.1 Å². The van der Waals surface area contributed by atoms with E-state index in [9.17, 15) is 23.7 Å². The van der Waals surface area contributed by atoms with Gasteiger partial charge in [-0.1, -0.05) is 0 Å². The predicted molar refractivity (Wildman–Crippen MR) is 69.7 cm³/mol. The third-order valence-corrected chi connectivity index (χ3v) is 2.66. The number of aliphatic hydroxyl groups is 1. The first-order chi connectivity index (χ1) is 9.90. The average molecular weight is 304 g/mol. The van der Waals surface area contributed by atoms with E-state index in [-0.39, 0.29) is 17.8 Å². The van der Waals surface area contributed by atoms with Crippen molar-refractivity contribution in [3.63, 3.8) is 0 Å². The molecule has 0 aromatic heterocycles. The van der Waals surface area contributed by atoms with E-state index in [1.54, 1.807) is 0 Å². The van der Waals surface area contributed by atoms with Crippen LogP contribution in [0.5, 0.6) is 0 Å². The Kier molecular flexibility index (Phi) is 5.97. The summed E-state index contributed by atoms with van der Waals surface area (Å²) in [5.74, 6) is -0.743. The van der Waals surface area contributed by atoms with Crippen molar-refractivity contribution in [3.8, 4) is 0 Å². The van der Waals surface area contributed by atoms with E-state index in [2.05, 4.69) is 4.74 Å². The van der Waals surface area contributed by atoms with Gasteiger partial charge in [0.2, 0.25) is 0 Å². The van der Waals surface area contributed by atoms with Crippen molar-refractivity contribution >= 4 is 17.3 Å². The van der Waals surface area contributed by atoms with Crippen LogP contribution < -0.4 is 4.90 Å². The summed E-state index contributed by atoms with van der Waals surface area (Å²) in [4.78, 5) is 22.6. The minimum atomic E-state index is -2.75. The van der Waals surface area contributed by atoms with Gasteiger partial charge >= 0.3 is 5.97 Å². The van der Waals surface area contributed by atoms with Gasteiger partial charge in [0.1, 0.15) is 5.69 Å². The minimum Gasteiger partial charge on any atom is -0.465 e. The molecule has 0 radical (unpaired) electrons. The van der Waals surface area contributed by atoms with Crippen LogP contribution in [0.4, 0.5) is 20.2 Å². The molecule has 0 aliphatic heterocycles. The molecule has 21 heavy (non-hydrogen) atoms. The van der Waals surface area contributed by atoms with Crippen LogP contribution in [0.3, 0.4) is 0 Å². The topological polar surface area (TPSA) is 92.9 Å². The monoisotopic (exact) mass is 304 g/mol. The second kappa shape index (κ2) is 7.48. The quantitative estimate of drug-likeness (QED) is 0.465. The number of halogens is 2. The van der Waals surface area contributed by atoms with E-state index in [0.717, 1.165) is 24.1 Å². The van der Waals surface area contributed by atoms with Crippen LogP contribution in [0.1, 0.15) is 10.4 Å². The highest BCUT2D eigenvalue weighted by atomic mass is 19.3. The highest BCUT2D eigenvalue weighted by molar-refractivity contribution is 5.91. The smallest absolute Gasteiger partial charge is 0.337 e. The Morgan fingerprint density at radius 1 is 1.52 bits per heavy atom. The maximum Gasteiger partial charge on any atom is 0.337 e. The molecule has 0 heterocycles. The number of ether oxygens (including phenoxy) is 1. The van der Waals surface area contributed by atoms with Crippen molar-refractivity contribution in [3.05, 3.63) is 33.9 Å². The number of nitro benzene ring substituents is 1.